The average Bonchev–Trinajstić information content (AvgIpc) is 2.43. The van der Waals surface area contributed by atoms with Gasteiger partial charge < -0.3 is 14.2 Å². The van der Waals surface area contributed by atoms with Crippen LogP contribution in [0.2, 0.25) is 0 Å². The van der Waals surface area contributed by atoms with E-state index in [-0.39, 0.29) is 11.3 Å². The number of para-hydroxylation sites is 1. The third-order valence-corrected chi connectivity index (χ3v) is 4.25. The Balaban J connectivity index is 3.00. The second-order valence-electron chi connectivity index (χ2n) is 3.49. The van der Waals surface area contributed by atoms with Crippen molar-refractivity contribution in [2.24, 2.45) is 0 Å². The molecule has 0 heterocycles. The Morgan fingerprint density at radius 1 is 1.37 bits per heavy atom. The van der Waals surface area contributed by atoms with Crippen molar-refractivity contribution in [1.29, 1.82) is 0 Å². The Morgan fingerprint density at radius 3 is 2.47 bits per heavy atom. The molecule has 19 heavy (non-hydrogen) atoms. The first-order valence-electron chi connectivity index (χ1n) is 5.25. The molecule has 1 atom stereocenters. The van der Waals surface area contributed by atoms with Crippen molar-refractivity contribution in [2.45, 2.75) is 5.85 Å². The zero-order valence-corrected chi connectivity index (χ0v) is 11.3. The summed E-state index contributed by atoms with van der Waals surface area (Å²) in [4.78, 5) is 10.2. The van der Waals surface area contributed by atoms with E-state index in [1.165, 1.54) is 24.3 Å². The van der Waals surface area contributed by atoms with Crippen LogP contribution in [0, 0.1) is 10.1 Å². The second kappa shape index (κ2) is 6.58. The van der Waals surface area contributed by atoms with E-state index in [9.17, 15) is 19.8 Å². The van der Waals surface area contributed by atoms with Gasteiger partial charge in [0.2, 0.25) is 0 Å². The summed E-state index contributed by atoms with van der Waals surface area (Å²) in [6.45, 7) is 0. The number of aliphatic hydroxyl groups is 1. The zero-order valence-electron chi connectivity index (χ0n) is 10.4. The maximum absolute atomic E-state index is 11.8. The number of nitrogens with zero attached hydrogens (tertiary/aromatic N) is 1. The molecule has 0 bridgehead atoms. The van der Waals surface area contributed by atoms with Gasteiger partial charge in [-0.3, -0.25) is 14.7 Å². The monoisotopic (exact) mass is 287 g/mol. The SMILES string of the molecule is COP(=O)(OC)[C@@H](O)/C=C/c1ccccc1[N+](=O)[O-]. The molecule has 0 radical (unpaired) electrons. The van der Waals surface area contributed by atoms with Gasteiger partial charge in [0, 0.05) is 20.3 Å². The second-order valence-corrected chi connectivity index (χ2v) is 5.83. The van der Waals surface area contributed by atoms with E-state index in [1.54, 1.807) is 6.07 Å². The Hall–Kier alpha value is -1.53. The summed E-state index contributed by atoms with van der Waals surface area (Å²) >= 11 is 0. The van der Waals surface area contributed by atoms with Gasteiger partial charge in [0.1, 0.15) is 0 Å². The van der Waals surface area contributed by atoms with E-state index in [1.807, 2.05) is 0 Å². The Morgan fingerprint density at radius 2 is 1.95 bits per heavy atom. The maximum Gasteiger partial charge on any atom is 0.362 e. The van der Waals surface area contributed by atoms with E-state index in [4.69, 9.17) is 0 Å². The lowest BCUT2D eigenvalue weighted by Gasteiger charge is -2.16. The highest BCUT2D eigenvalue weighted by Gasteiger charge is 2.30. The van der Waals surface area contributed by atoms with E-state index in [0.29, 0.717) is 0 Å². The topological polar surface area (TPSA) is 98.9 Å². The number of nitro benzene ring substituents is 1. The fourth-order valence-electron chi connectivity index (χ4n) is 1.38. The molecular weight excluding hydrogens is 273 g/mol. The molecule has 1 aromatic carbocycles. The van der Waals surface area contributed by atoms with Crippen LogP contribution in [-0.2, 0) is 13.6 Å². The number of nitro groups is 1. The number of benzene rings is 1. The van der Waals surface area contributed by atoms with Crippen molar-refractivity contribution in [3.05, 3.63) is 46.0 Å². The predicted molar refractivity (Wildman–Crippen MR) is 69.8 cm³/mol. The van der Waals surface area contributed by atoms with Crippen molar-refractivity contribution in [3.63, 3.8) is 0 Å². The van der Waals surface area contributed by atoms with Gasteiger partial charge in [-0.25, -0.2) is 0 Å². The van der Waals surface area contributed by atoms with Crippen molar-refractivity contribution in [2.75, 3.05) is 14.2 Å². The van der Waals surface area contributed by atoms with Crippen LogP contribution >= 0.6 is 7.60 Å². The molecule has 0 aliphatic rings. The first kappa shape index (κ1) is 15.5. The lowest BCUT2D eigenvalue weighted by atomic mass is 10.1. The summed E-state index contributed by atoms with van der Waals surface area (Å²) in [5.41, 5.74) is 0.168. The summed E-state index contributed by atoms with van der Waals surface area (Å²) < 4.78 is 21.0. The average molecular weight is 287 g/mol. The van der Waals surface area contributed by atoms with Crippen LogP contribution in [0.25, 0.3) is 6.08 Å². The molecule has 1 rings (SSSR count). The van der Waals surface area contributed by atoms with Crippen LogP contribution in [-0.4, -0.2) is 30.1 Å². The van der Waals surface area contributed by atoms with E-state index in [0.717, 1.165) is 20.3 Å². The minimum Gasteiger partial charge on any atom is -0.377 e. The summed E-state index contributed by atoms with van der Waals surface area (Å²) in [7, 11) is -1.36. The van der Waals surface area contributed by atoms with Gasteiger partial charge in [-0.05, 0) is 18.2 Å². The van der Waals surface area contributed by atoms with Crippen molar-refractivity contribution in [3.8, 4) is 0 Å². The molecule has 0 saturated heterocycles. The van der Waals surface area contributed by atoms with Gasteiger partial charge >= 0.3 is 7.60 Å². The minimum atomic E-state index is -3.65. The van der Waals surface area contributed by atoms with E-state index in [2.05, 4.69) is 9.05 Å². The summed E-state index contributed by atoms with van der Waals surface area (Å²) in [5.74, 6) is -1.50. The molecule has 0 amide bonds. The molecule has 8 heteroatoms. The molecule has 7 nitrogen and oxygen atoms in total. The molecule has 104 valence electrons. The quantitative estimate of drug-likeness (QED) is 0.490. The van der Waals surface area contributed by atoms with Gasteiger partial charge in [-0.2, -0.15) is 0 Å². The third kappa shape index (κ3) is 3.71. The molecule has 0 aromatic heterocycles. The summed E-state index contributed by atoms with van der Waals surface area (Å²) in [6.07, 6.45) is 2.43. The number of rotatable bonds is 6. The maximum atomic E-state index is 11.8. The Labute approximate surface area is 110 Å². The molecule has 1 N–H and O–H groups in total. The number of hydrogen-bond donors (Lipinski definition) is 1. The van der Waals surface area contributed by atoms with Crippen LogP contribution in [0.1, 0.15) is 5.56 Å². The fourth-order valence-corrected chi connectivity index (χ4v) is 2.26. The summed E-state index contributed by atoms with van der Waals surface area (Å²) in [6, 6.07) is 5.98. The van der Waals surface area contributed by atoms with Crippen LogP contribution < -0.4 is 0 Å². The molecule has 1 aromatic rings. The van der Waals surface area contributed by atoms with E-state index >= 15 is 0 Å². The van der Waals surface area contributed by atoms with E-state index < -0.39 is 18.4 Å². The van der Waals surface area contributed by atoms with Crippen LogP contribution in [0.4, 0.5) is 5.69 Å². The van der Waals surface area contributed by atoms with Crippen LogP contribution in [0.5, 0.6) is 0 Å². The first-order valence-corrected chi connectivity index (χ1v) is 6.86. The van der Waals surface area contributed by atoms with Gasteiger partial charge in [0.05, 0.1) is 10.5 Å². The lowest BCUT2D eigenvalue weighted by Crippen LogP contribution is -2.06. The standard InChI is InChI=1S/C11H14NO6P/c1-17-19(16,18-2)11(13)8-7-9-5-3-4-6-10(9)12(14)15/h3-8,11,13H,1-2H3/b8-7+/t11-/m1/s1. The zero-order chi connectivity index (χ0) is 14.5. The van der Waals surface area contributed by atoms with Crippen molar-refractivity contribution < 1.29 is 23.6 Å². The molecule has 0 aliphatic heterocycles. The van der Waals surface area contributed by atoms with Gasteiger partial charge in [-0.1, -0.05) is 12.1 Å². The predicted octanol–water partition coefficient (Wildman–Crippen LogP) is 2.41. The normalized spacial score (nSPS) is 13.6. The number of aliphatic hydroxyl groups excluding tert-OH is 1. The number of hydrogen-bond acceptors (Lipinski definition) is 6. The molecule has 0 fully saturated rings. The fraction of sp³-hybridized carbons (Fsp3) is 0.273. The molecular formula is C11H14NO6P. The molecule has 0 saturated carbocycles. The van der Waals surface area contributed by atoms with Crippen LogP contribution in [0.3, 0.4) is 0 Å². The Bertz CT molecular complexity index is 522. The lowest BCUT2D eigenvalue weighted by molar-refractivity contribution is -0.385. The molecule has 0 aliphatic carbocycles. The van der Waals surface area contributed by atoms with Crippen molar-refractivity contribution in [1.82, 2.24) is 0 Å². The van der Waals surface area contributed by atoms with Gasteiger partial charge in [0.25, 0.3) is 5.69 Å². The largest absolute Gasteiger partial charge is 0.377 e. The summed E-state index contributed by atoms with van der Waals surface area (Å²) in [5, 5.41) is 20.5. The Kier molecular flexibility index (Phi) is 5.38. The minimum absolute atomic E-state index is 0.115. The smallest absolute Gasteiger partial charge is 0.362 e. The van der Waals surface area contributed by atoms with Crippen molar-refractivity contribution >= 4 is 19.4 Å². The van der Waals surface area contributed by atoms with Gasteiger partial charge in [-0.15, -0.1) is 0 Å². The highest BCUT2D eigenvalue weighted by molar-refractivity contribution is 7.54. The molecule has 0 unspecified atom stereocenters. The highest BCUT2D eigenvalue weighted by atomic mass is 31.2. The third-order valence-electron chi connectivity index (χ3n) is 2.41. The van der Waals surface area contributed by atoms with Gasteiger partial charge in [0.15, 0.2) is 5.85 Å². The highest BCUT2D eigenvalue weighted by Crippen LogP contribution is 2.51. The first-order chi connectivity index (χ1) is 8.94. The van der Waals surface area contributed by atoms with Crippen LogP contribution in [0.15, 0.2) is 30.3 Å². The molecule has 0 spiro atoms.